The fraction of sp³-hybridized carbons (Fsp3) is 0.250. The number of hydrogen-bond donors (Lipinski definition) is 3. The molecule has 0 aliphatic carbocycles. The third kappa shape index (κ3) is 3.97. The summed E-state index contributed by atoms with van der Waals surface area (Å²) in [6, 6.07) is 8.55. The highest BCUT2D eigenvalue weighted by Crippen LogP contribution is 2.35. The summed E-state index contributed by atoms with van der Waals surface area (Å²) in [6.07, 6.45) is -1.95. The molecule has 152 valence electrons. The third-order valence-corrected chi connectivity index (χ3v) is 5.67. The number of alkyl halides is 3. The van der Waals surface area contributed by atoms with E-state index in [1.54, 1.807) is 6.20 Å². The van der Waals surface area contributed by atoms with Gasteiger partial charge in [-0.15, -0.1) is 0 Å². The van der Waals surface area contributed by atoms with E-state index >= 15 is 0 Å². The summed E-state index contributed by atoms with van der Waals surface area (Å²) in [7, 11) is 0. The number of nitrogens with two attached hydrogens (primary N) is 1. The van der Waals surface area contributed by atoms with E-state index in [9.17, 15) is 18.0 Å². The van der Waals surface area contributed by atoms with Gasteiger partial charge in [-0.3, -0.25) is 4.79 Å². The zero-order valence-corrected chi connectivity index (χ0v) is 16.8. The Labute approximate surface area is 172 Å². The van der Waals surface area contributed by atoms with Gasteiger partial charge in [0.25, 0.3) is 5.56 Å². The molecule has 1 aliphatic heterocycles. The van der Waals surface area contributed by atoms with E-state index < -0.39 is 11.7 Å². The van der Waals surface area contributed by atoms with Crippen LogP contribution in [-0.4, -0.2) is 24.1 Å². The molecule has 3 aromatic rings. The van der Waals surface area contributed by atoms with Gasteiger partial charge in [0.2, 0.25) is 0 Å². The lowest BCUT2D eigenvalue weighted by molar-refractivity contribution is -0.137. The van der Waals surface area contributed by atoms with Gasteiger partial charge in [0.1, 0.15) is 0 Å². The summed E-state index contributed by atoms with van der Waals surface area (Å²) in [5.74, 6) is 0. The van der Waals surface area contributed by atoms with E-state index in [4.69, 9.17) is 5.73 Å². The van der Waals surface area contributed by atoms with E-state index in [1.165, 1.54) is 12.1 Å². The summed E-state index contributed by atoms with van der Waals surface area (Å²) in [4.78, 5) is 17.3. The molecular formula is C20H18BrF3N4O. The van der Waals surface area contributed by atoms with Crippen molar-refractivity contribution in [2.75, 3.05) is 23.3 Å². The van der Waals surface area contributed by atoms with E-state index in [0.717, 1.165) is 30.8 Å². The van der Waals surface area contributed by atoms with Crippen LogP contribution in [0.3, 0.4) is 0 Å². The Morgan fingerprint density at radius 2 is 1.93 bits per heavy atom. The number of pyridine rings is 1. The number of aromatic amines is 1. The monoisotopic (exact) mass is 466 g/mol. The first kappa shape index (κ1) is 19.8. The number of rotatable bonds is 3. The lowest BCUT2D eigenvalue weighted by Crippen LogP contribution is -2.26. The minimum Gasteiger partial charge on any atom is -0.370 e. The molecule has 1 aromatic heterocycles. The van der Waals surface area contributed by atoms with Crippen molar-refractivity contribution >= 4 is 43.8 Å². The molecule has 1 aliphatic rings. The van der Waals surface area contributed by atoms with Crippen LogP contribution in [0.4, 0.5) is 30.2 Å². The van der Waals surface area contributed by atoms with Crippen molar-refractivity contribution in [1.82, 2.24) is 4.98 Å². The first-order chi connectivity index (χ1) is 13.7. The van der Waals surface area contributed by atoms with Crippen LogP contribution >= 0.6 is 15.9 Å². The van der Waals surface area contributed by atoms with Crippen LogP contribution in [-0.2, 0) is 6.18 Å². The first-order valence-corrected chi connectivity index (χ1v) is 9.81. The van der Waals surface area contributed by atoms with Gasteiger partial charge in [0, 0.05) is 46.6 Å². The molecule has 5 nitrogen and oxygen atoms in total. The van der Waals surface area contributed by atoms with Crippen molar-refractivity contribution < 1.29 is 13.2 Å². The summed E-state index contributed by atoms with van der Waals surface area (Å²) in [5.41, 5.74) is 6.87. The number of nitrogens with one attached hydrogen (secondary N) is 2. The van der Waals surface area contributed by atoms with Gasteiger partial charge < -0.3 is 20.9 Å². The molecule has 1 atom stereocenters. The molecule has 4 rings (SSSR count). The average Bonchev–Trinajstić information content (AvgIpc) is 3.10. The zero-order valence-electron chi connectivity index (χ0n) is 15.2. The fourth-order valence-corrected chi connectivity index (χ4v) is 3.97. The van der Waals surface area contributed by atoms with Crippen molar-refractivity contribution in [2.45, 2.75) is 18.6 Å². The Morgan fingerprint density at radius 3 is 2.55 bits per heavy atom. The van der Waals surface area contributed by atoms with Gasteiger partial charge in [-0.25, -0.2) is 0 Å². The molecule has 0 amide bonds. The van der Waals surface area contributed by atoms with Crippen LogP contribution < -0.4 is 21.5 Å². The Bertz CT molecular complexity index is 1110. The van der Waals surface area contributed by atoms with Crippen LogP contribution in [0.5, 0.6) is 0 Å². The third-order valence-electron chi connectivity index (χ3n) is 5.02. The van der Waals surface area contributed by atoms with Crippen LogP contribution in [0, 0.1) is 0 Å². The van der Waals surface area contributed by atoms with Crippen molar-refractivity contribution in [3.63, 3.8) is 0 Å². The topological polar surface area (TPSA) is 74.2 Å². The normalized spacial score (nSPS) is 17.1. The minimum absolute atomic E-state index is 0.0830. The lowest BCUT2D eigenvalue weighted by atomic mass is 10.1. The molecule has 0 spiro atoms. The largest absolute Gasteiger partial charge is 0.416 e. The summed E-state index contributed by atoms with van der Waals surface area (Å²) in [5, 5.41) is 4.23. The summed E-state index contributed by atoms with van der Waals surface area (Å²) < 4.78 is 39.2. The van der Waals surface area contributed by atoms with E-state index in [2.05, 4.69) is 31.1 Å². The highest BCUT2D eigenvalue weighted by molar-refractivity contribution is 9.10. The highest BCUT2D eigenvalue weighted by atomic mass is 79.9. The maximum atomic E-state index is 12.8. The van der Waals surface area contributed by atoms with Crippen molar-refractivity contribution in [1.29, 1.82) is 0 Å². The maximum Gasteiger partial charge on any atom is 0.416 e. The fourth-order valence-electron chi connectivity index (χ4n) is 3.54. The molecule has 1 fully saturated rings. The molecule has 0 radical (unpaired) electrons. The minimum atomic E-state index is -4.40. The number of anilines is 3. The molecule has 1 unspecified atom stereocenters. The number of benzene rings is 2. The van der Waals surface area contributed by atoms with Crippen LogP contribution in [0.15, 0.2) is 51.9 Å². The number of fused-ring (bicyclic) bond motifs is 1. The smallest absolute Gasteiger partial charge is 0.370 e. The van der Waals surface area contributed by atoms with Crippen LogP contribution in [0.2, 0.25) is 0 Å². The molecular weight excluding hydrogens is 449 g/mol. The molecule has 4 N–H and O–H groups in total. The SMILES string of the molecule is NC1CCN(c2cc(Nc3ccc(C(F)(F)F)cc3)c3c(=O)[nH]cc(Br)c3c2)C1. The maximum absolute atomic E-state index is 12.8. The van der Waals surface area contributed by atoms with Gasteiger partial charge in [-0.2, -0.15) is 13.2 Å². The van der Waals surface area contributed by atoms with Crippen LogP contribution in [0.1, 0.15) is 12.0 Å². The molecule has 29 heavy (non-hydrogen) atoms. The van der Waals surface area contributed by atoms with Crippen molar-refractivity contribution in [3.8, 4) is 0 Å². The Hall–Kier alpha value is -2.52. The van der Waals surface area contributed by atoms with E-state index in [1.807, 2.05) is 12.1 Å². The number of nitrogens with zero attached hydrogens (tertiary/aromatic N) is 1. The predicted octanol–water partition coefficient (Wildman–Crippen LogP) is 4.59. The molecule has 0 bridgehead atoms. The van der Waals surface area contributed by atoms with Crippen molar-refractivity contribution in [3.05, 3.63) is 63.0 Å². The summed E-state index contributed by atoms with van der Waals surface area (Å²) >= 11 is 3.47. The molecule has 1 saturated heterocycles. The highest BCUT2D eigenvalue weighted by Gasteiger charge is 2.30. The Kier molecular flexibility index (Phi) is 5.04. The molecule has 0 saturated carbocycles. The number of H-pyrrole nitrogens is 1. The average molecular weight is 467 g/mol. The second-order valence-electron chi connectivity index (χ2n) is 7.08. The van der Waals surface area contributed by atoms with Gasteiger partial charge in [-0.1, -0.05) is 0 Å². The number of aromatic nitrogens is 1. The van der Waals surface area contributed by atoms with Crippen LogP contribution in [0.25, 0.3) is 10.8 Å². The summed E-state index contributed by atoms with van der Waals surface area (Å²) in [6.45, 7) is 1.50. The van der Waals surface area contributed by atoms with E-state index in [-0.39, 0.29) is 11.6 Å². The quantitative estimate of drug-likeness (QED) is 0.527. The van der Waals surface area contributed by atoms with Crippen molar-refractivity contribution in [2.24, 2.45) is 5.73 Å². The van der Waals surface area contributed by atoms with Gasteiger partial charge in [-0.05, 0) is 58.7 Å². The molecule has 2 aromatic carbocycles. The lowest BCUT2D eigenvalue weighted by Gasteiger charge is -2.21. The molecule has 2 heterocycles. The predicted molar refractivity (Wildman–Crippen MR) is 112 cm³/mol. The number of hydrogen-bond acceptors (Lipinski definition) is 4. The Balaban J connectivity index is 1.79. The van der Waals surface area contributed by atoms with Gasteiger partial charge in [0.15, 0.2) is 0 Å². The zero-order chi connectivity index (χ0) is 20.8. The van der Waals surface area contributed by atoms with E-state index in [0.29, 0.717) is 33.2 Å². The first-order valence-electron chi connectivity index (χ1n) is 9.02. The van der Waals surface area contributed by atoms with Gasteiger partial charge >= 0.3 is 6.18 Å². The Morgan fingerprint density at radius 1 is 1.21 bits per heavy atom. The second-order valence-corrected chi connectivity index (χ2v) is 7.93. The second kappa shape index (κ2) is 7.38. The molecule has 9 heteroatoms. The van der Waals surface area contributed by atoms with Gasteiger partial charge in [0.05, 0.1) is 16.6 Å². The number of halogens is 4. The standard InChI is InChI=1S/C20H18BrF3N4O/c21-16-9-26-19(29)18-15(16)7-14(28-6-5-12(25)10-28)8-17(18)27-13-3-1-11(2-4-13)20(22,23)24/h1-4,7-9,12,27H,5-6,10,25H2,(H,26,29).